The summed E-state index contributed by atoms with van der Waals surface area (Å²) < 4.78 is 37.1. The number of hydrogen-bond donors (Lipinski definition) is 0. The van der Waals surface area contributed by atoms with E-state index in [1.54, 1.807) is 0 Å². The maximum atomic E-state index is 13.6. The van der Waals surface area contributed by atoms with Gasteiger partial charge < -0.3 is 0 Å². The van der Waals surface area contributed by atoms with Gasteiger partial charge in [0.2, 0.25) is 10.0 Å². The van der Waals surface area contributed by atoms with Gasteiger partial charge in [0.1, 0.15) is 6.17 Å². The van der Waals surface area contributed by atoms with E-state index in [2.05, 4.69) is 0 Å². The van der Waals surface area contributed by atoms with Crippen LogP contribution < -0.4 is 0 Å². The number of hydrogen-bond acceptors (Lipinski definition) is 2. The first-order valence-corrected chi connectivity index (χ1v) is 6.76. The maximum Gasteiger partial charge on any atom is 0.211 e. The van der Waals surface area contributed by atoms with Gasteiger partial charge in [-0.25, -0.2) is 12.8 Å². The van der Waals surface area contributed by atoms with E-state index in [0.29, 0.717) is 13.0 Å². The van der Waals surface area contributed by atoms with Crippen LogP contribution in [0.4, 0.5) is 4.39 Å². The van der Waals surface area contributed by atoms with Gasteiger partial charge in [-0.2, -0.15) is 4.31 Å². The summed E-state index contributed by atoms with van der Waals surface area (Å²) in [6, 6.07) is 0. The fraction of sp³-hybridized carbons (Fsp3) is 1.00. The molecular formula is C9H18FNO2S. The van der Waals surface area contributed by atoms with E-state index in [1.807, 2.05) is 13.8 Å². The largest absolute Gasteiger partial charge is 0.246 e. The number of nitrogens with zero attached hydrogens (tertiary/aromatic N) is 1. The van der Waals surface area contributed by atoms with Gasteiger partial charge in [-0.05, 0) is 18.3 Å². The van der Waals surface area contributed by atoms with Crippen molar-refractivity contribution >= 4 is 10.0 Å². The first-order valence-electron chi connectivity index (χ1n) is 4.91. The predicted molar refractivity (Wildman–Crippen MR) is 54.3 cm³/mol. The molecule has 0 aromatic heterocycles. The van der Waals surface area contributed by atoms with Crippen molar-refractivity contribution < 1.29 is 12.8 Å². The van der Waals surface area contributed by atoms with Crippen LogP contribution >= 0.6 is 0 Å². The molecule has 0 aromatic carbocycles. The lowest BCUT2D eigenvalue weighted by molar-refractivity contribution is 0.101. The Morgan fingerprint density at radius 3 is 2.36 bits per heavy atom. The fourth-order valence-corrected chi connectivity index (χ4v) is 2.80. The van der Waals surface area contributed by atoms with Crippen molar-refractivity contribution in [2.24, 2.45) is 11.8 Å². The van der Waals surface area contributed by atoms with Gasteiger partial charge in [0.25, 0.3) is 0 Å². The van der Waals surface area contributed by atoms with Gasteiger partial charge in [0.05, 0.1) is 6.26 Å². The third kappa shape index (κ3) is 2.67. The Kier molecular flexibility index (Phi) is 3.53. The molecule has 3 nitrogen and oxygen atoms in total. The van der Waals surface area contributed by atoms with E-state index in [9.17, 15) is 12.8 Å². The molecule has 0 saturated carbocycles. The molecule has 0 unspecified atom stereocenters. The van der Waals surface area contributed by atoms with Crippen LogP contribution in [0.2, 0.25) is 0 Å². The third-order valence-electron chi connectivity index (χ3n) is 2.88. The zero-order valence-corrected chi connectivity index (χ0v) is 9.72. The zero-order chi connectivity index (χ0) is 10.9. The molecule has 2 atom stereocenters. The van der Waals surface area contributed by atoms with E-state index in [1.165, 1.54) is 4.31 Å². The lowest BCUT2D eigenvalue weighted by Crippen LogP contribution is -2.45. The Hall–Kier alpha value is -0.160. The highest BCUT2D eigenvalue weighted by molar-refractivity contribution is 7.88. The minimum atomic E-state index is -3.21. The highest BCUT2D eigenvalue weighted by Crippen LogP contribution is 2.28. The maximum absolute atomic E-state index is 13.6. The Balaban J connectivity index is 2.64. The Morgan fingerprint density at radius 2 is 2.00 bits per heavy atom. The van der Waals surface area contributed by atoms with Crippen LogP contribution in [0.15, 0.2) is 0 Å². The van der Waals surface area contributed by atoms with Gasteiger partial charge in [-0.3, -0.25) is 0 Å². The molecule has 0 amide bonds. The molecule has 0 aliphatic carbocycles. The van der Waals surface area contributed by atoms with Crippen LogP contribution in [-0.4, -0.2) is 38.2 Å². The second-order valence-corrected chi connectivity index (χ2v) is 6.32. The highest BCUT2D eigenvalue weighted by atomic mass is 32.2. The van der Waals surface area contributed by atoms with Crippen molar-refractivity contribution in [2.75, 3.05) is 19.3 Å². The number of alkyl halides is 1. The molecule has 1 aliphatic heterocycles. The second kappa shape index (κ2) is 4.14. The average Bonchev–Trinajstić information content (AvgIpc) is 2.01. The summed E-state index contributed by atoms with van der Waals surface area (Å²) in [5.41, 5.74) is 0. The molecule has 0 spiro atoms. The third-order valence-corrected chi connectivity index (χ3v) is 4.15. The van der Waals surface area contributed by atoms with Crippen molar-refractivity contribution in [3.05, 3.63) is 0 Å². The van der Waals surface area contributed by atoms with E-state index in [-0.39, 0.29) is 18.4 Å². The summed E-state index contributed by atoms with van der Waals surface area (Å²) in [5.74, 6) is 0.291. The SMILES string of the molecule is CC(C)[C@@H]1CCN(S(C)(=O)=O)C[C@H]1F. The zero-order valence-electron chi connectivity index (χ0n) is 8.90. The molecule has 1 saturated heterocycles. The minimum Gasteiger partial charge on any atom is -0.246 e. The molecule has 0 radical (unpaired) electrons. The Labute approximate surface area is 85.3 Å². The van der Waals surface area contributed by atoms with E-state index >= 15 is 0 Å². The van der Waals surface area contributed by atoms with E-state index < -0.39 is 16.2 Å². The normalized spacial score (nSPS) is 30.9. The topological polar surface area (TPSA) is 37.4 Å². The number of rotatable bonds is 2. The first kappa shape index (κ1) is 11.9. The lowest BCUT2D eigenvalue weighted by Gasteiger charge is -2.35. The van der Waals surface area contributed by atoms with Crippen LogP contribution in [0.1, 0.15) is 20.3 Å². The van der Waals surface area contributed by atoms with Crippen molar-refractivity contribution in [2.45, 2.75) is 26.4 Å². The molecule has 14 heavy (non-hydrogen) atoms. The summed E-state index contributed by atoms with van der Waals surface area (Å²) in [6.45, 7) is 4.45. The van der Waals surface area contributed by atoms with Crippen molar-refractivity contribution in [1.82, 2.24) is 4.31 Å². The number of halogens is 1. The number of sulfonamides is 1. The minimum absolute atomic E-state index is 0.00741. The summed E-state index contributed by atoms with van der Waals surface area (Å²) in [7, 11) is -3.21. The van der Waals surface area contributed by atoms with E-state index in [0.717, 1.165) is 6.26 Å². The summed E-state index contributed by atoms with van der Waals surface area (Å²) in [4.78, 5) is 0. The highest BCUT2D eigenvalue weighted by Gasteiger charge is 2.34. The second-order valence-electron chi connectivity index (χ2n) is 4.33. The smallest absolute Gasteiger partial charge is 0.211 e. The van der Waals surface area contributed by atoms with Crippen molar-refractivity contribution in [3.63, 3.8) is 0 Å². The van der Waals surface area contributed by atoms with Crippen LogP contribution in [0.25, 0.3) is 0 Å². The van der Waals surface area contributed by atoms with Crippen LogP contribution in [0.5, 0.6) is 0 Å². The van der Waals surface area contributed by atoms with Crippen LogP contribution in [0.3, 0.4) is 0 Å². The van der Waals surface area contributed by atoms with Crippen LogP contribution in [0, 0.1) is 11.8 Å². The van der Waals surface area contributed by atoms with Gasteiger partial charge in [-0.15, -0.1) is 0 Å². The Morgan fingerprint density at radius 1 is 1.43 bits per heavy atom. The molecule has 1 fully saturated rings. The summed E-state index contributed by atoms with van der Waals surface area (Å²) in [5, 5.41) is 0. The molecule has 1 rings (SSSR count). The summed E-state index contributed by atoms with van der Waals surface area (Å²) in [6.07, 6.45) is 0.750. The molecule has 0 aromatic rings. The fourth-order valence-electron chi connectivity index (χ4n) is 1.95. The molecule has 5 heteroatoms. The number of piperidine rings is 1. The van der Waals surface area contributed by atoms with Gasteiger partial charge >= 0.3 is 0 Å². The summed E-state index contributed by atoms with van der Waals surface area (Å²) >= 11 is 0. The molecule has 0 bridgehead atoms. The first-order chi connectivity index (χ1) is 6.32. The predicted octanol–water partition coefficient (Wildman–Crippen LogP) is 1.26. The quantitative estimate of drug-likeness (QED) is 0.707. The van der Waals surface area contributed by atoms with Crippen molar-refractivity contribution in [3.8, 4) is 0 Å². The molecule has 84 valence electrons. The van der Waals surface area contributed by atoms with Gasteiger partial charge in [0, 0.05) is 13.1 Å². The molecule has 1 aliphatic rings. The molecule has 1 heterocycles. The van der Waals surface area contributed by atoms with Crippen LogP contribution in [-0.2, 0) is 10.0 Å². The van der Waals surface area contributed by atoms with Gasteiger partial charge in [-0.1, -0.05) is 13.8 Å². The Bertz CT molecular complexity index is 289. The standard InChI is InChI=1S/C9H18FNO2S/c1-7(2)8-4-5-11(6-9(8)10)14(3,12)13/h7-9H,4-6H2,1-3H3/t8-,9+/m0/s1. The van der Waals surface area contributed by atoms with Gasteiger partial charge in [0.15, 0.2) is 0 Å². The lowest BCUT2D eigenvalue weighted by atomic mass is 9.86. The molecule has 0 N–H and O–H groups in total. The molecular weight excluding hydrogens is 205 g/mol. The van der Waals surface area contributed by atoms with E-state index in [4.69, 9.17) is 0 Å². The van der Waals surface area contributed by atoms with Crippen molar-refractivity contribution in [1.29, 1.82) is 0 Å². The monoisotopic (exact) mass is 223 g/mol. The average molecular weight is 223 g/mol.